The largest absolute Gasteiger partial charge is 0.488 e. The highest BCUT2D eigenvalue weighted by molar-refractivity contribution is 6.02. The van der Waals surface area contributed by atoms with Crippen molar-refractivity contribution < 1.29 is 4.74 Å². The third-order valence-corrected chi connectivity index (χ3v) is 6.28. The summed E-state index contributed by atoms with van der Waals surface area (Å²) in [5.41, 5.74) is 1.14. The Bertz CT molecular complexity index is 1900. The molecule has 0 aliphatic carbocycles. The van der Waals surface area contributed by atoms with Gasteiger partial charge in [0.05, 0.1) is 17.1 Å². The lowest BCUT2D eigenvalue weighted by Crippen LogP contribution is -2.32. The highest BCUT2D eigenvalue weighted by atomic mass is 16.5. The number of hydrogen-bond acceptors (Lipinski definition) is 4. The summed E-state index contributed by atoms with van der Waals surface area (Å²) in [5.74, 6) is 0.607. The van der Waals surface area contributed by atoms with E-state index >= 15 is 0 Å². The Morgan fingerprint density at radius 1 is 0.722 bits per heavy atom. The maximum atomic E-state index is 13.0. The number of nitrogens with one attached hydrogen (secondary N) is 1. The summed E-state index contributed by atoms with van der Waals surface area (Å²) >= 11 is 0. The van der Waals surface area contributed by atoms with Crippen molar-refractivity contribution in [2.75, 3.05) is 0 Å². The molecule has 0 unspecified atom stereocenters. The SMILES string of the molecule is O=c1[nH]c2ccccc2c(=O)n1N=Cc1c(OCc2cccc3ccccc23)ccc2ccccc12. The summed E-state index contributed by atoms with van der Waals surface area (Å²) in [5, 5.41) is 8.86. The van der Waals surface area contributed by atoms with E-state index in [1.807, 2.05) is 60.7 Å². The number of nitrogens with zero attached hydrogens (tertiary/aromatic N) is 2. The van der Waals surface area contributed by atoms with Gasteiger partial charge in [-0.1, -0.05) is 84.9 Å². The number of aromatic nitrogens is 2. The minimum atomic E-state index is -0.603. The summed E-state index contributed by atoms with van der Waals surface area (Å²) in [6.07, 6.45) is 1.52. The van der Waals surface area contributed by atoms with Gasteiger partial charge in [-0.2, -0.15) is 5.10 Å². The lowest BCUT2D eigenvalue weighted by Gasteiger charge is -2.13. The highest BCUT2D eigenvalue weighted by Gasteiger charge is 2.11. The normalized spacial score (nSPS) is 11.6. The van der Waals surface area contributed by atoms with Crippen LogP contribution in [-0.4, -0.2) is 15.9 Å². The number of hydrogen-bond donors (Lipinski definition) is 1. The standard InChI is InChI=1S/C30H21N3O3/c34-29-25-14-5-6-15-27(25)32-30(35)33(29)31-18-26-24-13-4-2-9-21(24)16-17-28(26)36-19-22-11-7-10-20-8-1-3-12-23(20)22/h1-18H,19H2,(H,32,35). The van der Waals surface area contributed by atoms with Gasteiger partial charge < -0.3 is 9.72 Å². The van der Waals surface area contributed by atoms with Gasteiger partial charge in [-0.3, -0.25) is 4.79 Å². The van der Waals surface area contributed by atoms with Crippen molar-refractivity contribution >= 4 is 38.7 Å². The molecule has 6 rings (SSSR count). The Hall–Kier alpha value is -4.97. The molecular formula is C30H21N3O3. The first-order valence-corrected chi connectivity index (χ1v) is 11.6. The molecule has 1 aromatic heterocycles. The van der Waals surface area contributed by atoms with Gasteiger partial charge in [-0.05, 0) is 45.3 Å². The molecule has 1 N–H and O–H groups in total. The van der Waals surface area contributed by atoms with Gasteiger partial charge in [0.1, 0.15) is 12.4 Å². The van der Waals surface area contributed by atoms with E-state index in [9.17, 15) is 9.59 Å². The van der Waals surface area contributed by atoms with Crippen LogP contribution in [0.3, 0.4) is 0 Å². The first-order valence-electron chi connectivity index (χ1n) is 11.6. The van der Waals surface area contributed by atoms with Gasteiger partial charge in [0.2, 0.25) is 0 Å². The number of H-pyrrole nitrogens is 1. The molecule has 0 aliphatic rings. The Kier molecular flexibility index (Phi) is 5.39. The summed E-state index contributed by atoms with van der Waals surface area (Å²) in [6.45, 7) is 0.358. The third-order valence-electron chi connectivity index (χ3n) is 6.28. The van der Waals surface area contributed by atoms with E-state index in [2.05, 4.69) is 28.3 Å². The van der Waals surface area contributed by atoms with Crippen molar-refractivity contribution in [3.8, 4) is 5.75 Å². The fourth-order valence-electron chi connectivity index (χ4n) is 4.48. The number of benzene rings is 5. The minimum Gasteiger partial charge on any atom is -0.488 e. The molecule has 6 nitrogen and oxygen atoms in total. The van der Waals surface area contributed by atoms with E-state index in [0.717, 1.165) is 31.8 Å². The van der Waals surface area contributed by atoms with Gasteiger partial charge in [-0.25, -0.2) is 4.79 Å². The van der Waals surface area contributed by atoms with Crippen LogP contribution < -0.4 is 16.0 Å². The molecule has 0 spiro atoms. The van der Waals surface area contributed by atoms with Gasteiger partial charge in [0.15, 0.2) is 0 Å². The molecule has 0 amide bonds. The molecule has 0 aliphatic heterocycles. The number of fused-ring (bicyclic) bond motifs is 3. The summed E-state index contributed by atoms with van der Waals surface area (Å²) in [4.78, 5) is 28.3. The number of rotatable bonds is 5. The van der Waals surface area contributed by atoms with E-state index < -0.39 is 11.2 Å². The molecule has 174 valence electrons. The van der Waals surface area contributed by atoms with Crippen LogP contribution >= 0.6 is 0 Å². The van der Waals surface area contributed by atoms with Gasteiger partial charge >= 0.3 is 5.69 Å². The first-order chi connectivity index (χ1) is 17.7. The van der Waals surface area contributed by atoms with Crippen molar-refractivity contribution in [2.24, 2.45) is 5.10 Å². The summed E-state index contributed by atoms with van der Waals surface area (Å²) in [7, 11) is 0. The second-order valence-electron chi connectivity index (χ2n) is 8.46. The third kappa shape index (κ3) is 3.84. The van der Waals surface area contributed by atoms with Crippen LogP contribution in [0.5, 0.6) is 5.75 Å². The van der Waals surface area contributed by atoms with Gasteiger partial charge in [0, 0.05) is 5.56 Å². The smallest absolute Gasteiger partial charge is 0.349 e. The molecular weight excluding hydrogens is 450 g/mol. The zero-order chi connectivity index (χ0) is 24.5. The minimum absolute atomic E-state index is 0.358. The Labute approximate surface area is 205 Å². The summed E-state index contributed by atoms with van der Waals surface area (Å²) in [6, 6.07) is 32.9. The number of ether oxygens (including phenoxy) is 1. The molecule has 6 heteroatoms. The quantitative estimate of drug-likeness (QED) is 0.339. The average Bonchev–Trinajstić information content (AvgIpc) is 2.92. The van der Waals surface area contributed by atoms with E-state index in [0.29, 0.717) is 28.8 Å². The molecule has 0 radical (unpaired) electrons. The topological polar surface area (TPSA) is 76.5 Å². The molecule has 0 saturated carbocycles. The maximum absolute atomic E-state index is 13.0. The number of aromatic amines is 1. The van der Waals surface area contributed by atoms with Crippen LogP contribution in [0.4, 0.5) is 0 Å². The van der Waals surface area contributed by atoms with Crippen molar-refractivity contribution in [1.82, 2.24) is 9.66 Å². The first kappa shape index (κ1) is 21.6. The zero-order valence-corrected chi connectivity index (χ0v) is 19.2. The lowest BCUT2D eigenvalue weighted by atomic mass is 10.0. The summed E-state index contributed by atoms with van der Waals surface area (Å²) < 4.78 is 7.14. The lowest BCUT2D eigenvalue weighted by molar-refractivity contribution is 0.307. The second kappa shape index (κ2) is 9.00. The van der Waals surface area contributed by atoms with Crippen LogP contribution in [0, 0.1) is 0 Å². The molecule has 5 aromatic carbocycles. The van der Waals surface area contributed by atoms with Crippen LogP contribution in [0.1, 0.15) is 11.1 Å². The van der Waals surface area contributed by atoms with E-state index in [1.54, 1.807) is 24.3 Å². The molecule has 1 heterocycles. The predicted molar refractivity (Wildman–Crippen MR) is 144 cm³/mol. The fourth-order valence-corrected chi connectivity index (χ4v) is 4.48. The Morgan fingerprint density at radius 3 is 2.22 bits per heavy atom. The van der Waals surface area contributed by atoms with E-state index in [1.165, 1.54) is 6.21 Å². The van der Waals surface area contributed by atoms with Gasteiger partial charge in [0.25, 0.3) is 5.56 Å². The van der Waals surface area contributed by atoms with Crippen molar-refractivity contribution in [3.05, 3.63) is 135 Å². The maximum Gasteiger partial charge on any atom is 0.349 e. The zero-order valence-electron chi connectivity index (χ0n) is 19.2. The monoisotopic (exact) mass is 471 g/mol. The van der Waals surface area contributed by atoms with E-state index in [-0.39, 0.29) is 0 Å². The molecule has 0 atom stereocenters. The Balaban J connectivity index is 1.43. The van der Waals surface area contributed by atoms with Crippen LogP contribution in [-0.2, 0) is 6.61 Å². The average molecular weight is 472 g/mol. The van der Waals surface area contributed by atoms with Crippen molar-refractivity contribution in [3.63, 3.8) is 0 Å². The molecule has 0 bridgehead atoms. The second-order valence-corrected chi connectivity index (χ2v) is 8.46. The van der Waals surface area contributed by atoms with Crippen LogP contribution in [0.25, 0.3) is 32.4 Å². The highest BCUT2D eigenvalue weighted by Crippen LogP contribution is 2.28. The number of para-hydroxylation sites is 1. The van der Waals surface area contributed by atoms with Gasteiger partial charge in [-0.15, -0.1) is 4.68 Å². The van der Waals surface area contributed by atoms with Crippen LogP contribution in [0.15, 0.2) is 118 Å². The molecule has 0 saturated heterocycles. The van der Waals surface area contributed by atoms with E-state index in [4.69, 9.17) is 4.74 Å². The molecule has 6 aromatic rings. The molecule has 36 heavy (non-hydrogen) atoms. The predicted octanol–water partition coefficient (Wildman–Crippen LogP) is 5.46. The van der Waals surface area contributed by atoms with Crippen molar-refractivity contribution in [1.29, 1.82) is 0 Å². The molecule has 0 fully saturated rings. The fraction of sp³-hybridized carbons (Fsp3) is 0.0333. The van der Waals surface area contributed by atoms with Crippen LogP contribution in [0.2, 0.25) is 0 Å². The Morgan fingerprint density at radius 2 is 1.39 bits per heavy atom. The van der Waals surface area contributed by atoms with Crippen molar-refractivity contribution in [2.45, 2.75) is 6.61 Å².